The molecule has 1 aliphatic heterocycles. The van der Waals surface area contributed by atoms with Crippen LogP contribution < -0.4 is 15.4 Å². The summed E-state index contributed by atoms with van der Waals surface area (Å²) in [4.78, 5) is 52.0. The third-order valence-electron chi connectivity index (χ3n) is 5.45. The standard InChI is InChI=1S/C24H29N3O6S/c1-6-33-21(29)19-15(10-14(2)3)13-34-20(19)25-18(28)12-27-22(30)24(4,26-23(27)31)16-8-7-9-17(11-16)32-5/h7-9,11,13-14H,6,10,12H2,1-5H3,(H,25,28)(H,26,31)/t24-/m1/s1. The monoisotopic (exact) mass is 487 g/mol. The van der Waals surface area contributed by atoms with Crippen LogP contribution in [-0.2, 0) is 26.3 Å². The minimum absolute atomic E-state index is 0.203. The molecule has 3 rings (SSSR count). The number of nitrogens with zero attached hydrogens (tertiary/aromatic N) is 1. The molecule has 0 aliphatic carbocycles. The van der Waals surface area contributed by atoms with Crippen LogP contribution in [0, 0.1) is 5.92 Å². The molecule has 2 N–H and O–H groups in total. The largest absolute Gasteiger partial charge is 0.497 e. The Morgan fingerprint density at radius 1 is 1.26 bits per heavy atom. The van der Waals surface area contributed by atoms with Gasteiger partial charge in [0.05, 0.1) is 19.3 Å². The maximum atomic E-state index is 13.2. The Morgan fingerprint density at radius 3 is 2.65 bits per heavy atom. The van der Waals surface area contributed by atoms with Crippen LogP contribution in [0.5, 0.6) is 5.75 Å². The molecule has 2 aromatic rings. The minimum Gasteiger partial charge on any atom is -0.497 e. The number of carbonyl (C=O) groups excluding carboxylic acids is 4. The van der Waals surface area contributed by atoms with Crippen LogP contribution in [0.25, 0.3) is 0 Å². The highest BCUT2D eigenvalue weighted by atomic mass is 32.1. The van der Waals surface area contributed by atoms with Gasteiger partial charge in [0.2, 0.25) is 5.91 Å². The number of amides is 4. The predicted octanol–water partition coefficient (Wildman–Crippen LogP) is 3.54. The van der Waals surface area contributed by atoms with Crippen molar-refractivity contribution in [1.82, 2.24) is 10.2 Å². The third kappa shape index (κ3) is 5.06. The summed E-state index contributed by atoms with van der Waals surface area (Å²) in [5.74, 6) is -0.833. The van der Waals surface area contributed by atoms with E-state index in [9.17, 15) is 19.2 Å². The first-order valence-electron chi connectivity index (χ1n) is 11.0. The number of imide groups is 1. The van der Waals surface area contributed by atoms with Crippen molar-refractivity contribution >= 4 is 40.2 Å². The molecule has 4 amide bonds. The number of nitrogens with one attached hydrogen (secondary N) is 2. The summed E-state index contributed by atoms with van der Waals surface area (Å²) < 4.78 is 10.4. The molecule has 1 fully saturated rings. The molecule has 34 heavy (non-hydrogen) atoms. The molecule has 0 radical (unpaired) electrons. The van der Waals surface area contributed by atoms with Crippen molar-refractivity contribution in [2.24, 2.45) is 5.92 Å². The highest BCUT2D eigenvalue weighted by Gasteiger charge is 2.49. The lowest BCUT2D eigenvalue weighted by molar-refractivity contribution is -0.133. The Bertz CT molecular complexity index is 1110. The van der Waals surface area contributed by atoms with Crippen LogP contribution >= 0.6 is 11.3 Å². The lowest BCUT2D eigenvalue weighted by atomic mass is 9.92. The molecule has 0 bridgehead atoms. The van der Waals surface area contributed by atoms with Crippen LogP contribution in [0.4, 0.5) is 9.80 Å². The molecular formula is C24H29N3O6S. The maximum absolute atomic E-state index is 13.2. The molecule has 0 unspecified atom stereocenters. The minimum atomic E-state index is -1.34. The first kappa shape index (κ1) is 25.2. The molecule has 9 nitrogen and oxygen atoms in total. The van der Waals surface area contributed by atoms with E-state index in [1.165, 1.54) is 18.4 Å². The molecule has 1 aromatic heterocycles. The van der Waals surface area contributed by atoms with Crippen molar-refractivity contribution in [2.75, 3.05) is 25.6 Å². The number of hydrogen-bond donors (Lipinski definition) is 2. The van der Waals surface area contributed by atoms with Crippen LogP contribution in [0.15, 0.2) is 29.6 Å². The van der Waals surface area contributed by atoms with Gasteiger partial charge in [-0.3, -0.25) is 14.5 Å². The zero-order valence-corrected chi connectivity index (χ0v) is 20.7. The van der Waals surface area contributed by atoms with Gasteiger partial charge in [0.15, 0.2) is 0 Å². The highest BCUT2D eigenvalue weighted by Crippen LogP contribution is 2.33. The summed E-state index contributed by atoms with van der Waals surface area (Å²) in [6.07, 6.45) is 0.645. The maximum Gasteiger partial charge on any atom is 0.341 e. The number of anilines is 1. The fourth-order valence-electron chi connectivity index (χ4n) is 3.78. The summed E-state index contributed by atoms with van der Waals surface area (Å²) in [7, 11) is 1.51. The zero-order valence-electron chi connectivity index (χ0n) is 19.9. The van der Waals surface area contributed by atoms with Gasteiger partial charge < -0.3 is 20.1 Å². The number of esters is 1. The molecular weight excluding hydrogens is 458 g/mol. The molecule has 1 aromatic carbocycles. The van der Waals surface area contributed by atoms with Gasteiger partial charge in [-0.1, -0.05) is 26.0 Å². The second-order valence-corrected chi connectivity index (χ2v) is 9.39. The summed E-state index contributed by atoms with van der Waals surface area (Å²) in [5.41, 5.74) is 0.297. The molecule has 0 saturated carbocycles. The SMILES string of the molecule is CCOC(=O)c1c(CC(C)C)csc1NC(=O)CN1C(=O)N[C@](C)(c2cccc(OC)c2)C1=O. The number of ether oxygens (including phenoxy) is 2. The van der Waals surface area contributed by atoms with Crippen molar-refractivity contribution < 1.29 is 28.7 Å². The molecule has 0 spiro atoms. The summed E-state index contributed by atoms with van der Waals surface area (Å²) in [6.45, 7) is 7.06. The van der Waals surface area contributed by atoms with Crippen LogP contribution in [-0.4, -0.2) is 49.0 Å². The highest BCUT2D eigenvalue weighted by molar-refractivity contribution is 7.15. The number of benzene rings is 1. The van der Waals surface area contributed by atoms with Gasteiger partial charge in [0.1, 0.15) is 22.8 Å². The van der Waals surface area contributed by atoms with E-state index in [1.807, 2.05) is 19.2 Å². The van der Waals surface area contributed by atoms with Crippen LogP contribution in [0.2, 0.25) is 0 Å². The lowest BCUT2D eigenvalue weighted by Crippen LogP contribution is -2.42. The molecule has 1 aliphatic rings. The Labute approximate surface area is 202 Å². The number of carbonyl (C=O) groups is 4. The summed E-state index contributed by atoms with van der Waals surface area (Å²) in [6, 6.07) is 6.14. The Hall–Kier alpha value is -3.40. The van der Waals surface area contributed by atoms with E-state index in [0.717, 1.165) is 10.5 Å². The van der Waals surface area contributed by atoms with Gasteiger partial charge in [-0.2, -0.15) is 0 Å². The van der Waals surface area contributed by atoms with E-state index < -0.39 is 35.9 Å². The van der Waals surface area contributed by atoms with Crippen LogP contribution in [0.3, 0.4) is 0 Å². The molecule has 1 atom stereocenters. The first-order valence-corrected chi connectivity index (χ1v) is 11.8. The Balaban J connectivity index is 1.79. The summed E-state index contributed by atoms with van der Waals surface area (Å²) in [5, 5.41) is 7.50. The van der Waals surface area contributed by atoms with E-state index >= 15 is 0 Å². The second-order valence-electron chi connectivity index (χ2n) is 8.51. The van der Waals surface area contributed by atoms with Gasteiger partial charge >= 0.3 is 12.0 Å². The number of rotatable bonds is 9. The topological polar surface area (TPSA) is 114 Å². The Morgan fingerprint density at radius 2 is 2.00 bits per heavy atom. The Kier molecular flexibility index (Phi) is 7.61. The van der Waals surface area contributed by atoms with Gasteiger partial charge in [0, 0.05) is 0 Å². The molecule has 182 valence electrons. The number of methoxy groups -OCH3 is 1. The van der Waals surface area contributed by atoms with Crippen molar-refractivity contribution in [3.05, 3.63) is 46.3 Å². The molecule has 1 saturated heterocycles. The molecule has 2 heterocycles. The van der Waals surface area contributed by atoms with Crippen molar-refractivity contribution in [2.45, 2.75) is 39.7 Å². The van der Waals surface area contributed by atoms with Crippen molar-refractivity contribution in [3.63, 3.8) is 0 Å². The van der Waals surface area contributed by atoms with E-state index in [2.05, 4.69) is 10.6 Å². The van der Waals surface area contributed by atoms with Gasteiger partial charge in [-0.15, -0.1) is 11.3 Å². The van der Waals surface area contributed by atoms with Crippen LogP contribution in [0.1, 0.15) is 49.2 Å². The van der Waals surface area contributed by atoms with E-state index in [4.69, 9.17) is 9.47 Å². The van der Waals surface area contributed by atoms with Crippen molar-refractivity contribution in [3.8, 4) is 5.75 Å². The smallest absolute Gasteiger partial charge is 0.341 e. The fourth-order valence-corrected chi connectivity index (χ4v) is 4.76. The number of hydrogen-bond acceptors (Lipinski definition) is 7. The number of thiophene rings is 1. The average Bonchev–Trinajstić information content (AvgIpc) is 3.27. The van der Waals surface area contributed by atoms with Gasteiger partial charge in [0.25, 0.3) is 5.91 Å². The van der Waals surface area contributed by atoms with E-state index in [-0.39, 0.29) is 6.61 Å². The lowest BCUT2D eigenvalue weighted by Gasteiger charge is -2.22. The average molecular weight is 488 g/mol. The normalized spacial score (nSPS) is 17.6. The first-order chi connectivity index (χ1) is 16.1. The van der Waals surface area contributed by atoms with Gasteiger partial charge in [-0.25, -0.2) is 9.59 Å². The van der Waals surface area contributed by atoms with Gasteiger partial charge in [-0.05, 0) is 54.8 Å². The fraction of sp³-hybridized carbons (Fsp3) is 0.417. The predicted molar refractivity (Wildman–Crippen MR) is 128 cm³/mol. The molecule has 10 heteroatoms. The zero-order chi connectivity index (χ0) is 25.0. The summed E-state index contributed by atoms with van der Waals surface area (Å²) >= 11 is 1.21. The van der Waals surface area contributed by atoms with Crippen molar-refractivity contribution in [1.29, 1.82) is 0 Å². The second kappa shape index (κ2) is 10.3. The van der Waals surface area contributed by atoms with E-state index in [1.54, 1.807) is 38.1 Å². The van der Waals surface area contributed by atoms with E-state index in [0.29, 0.717) is 34.2 Å². The quantitative estimate of drug-likeness (QED) is 0.413. The third-order valence-corrected chi connectivity index (χ3v) is 6.40. The number of urea groups is 1.